The van der Waals surface area contributed by atoms with Gasteiger partial charge in [-0.3, -0.25) is 0 Å². The van der Waals surface area contributed by atoms with Crippen molar-refractivity contribution in [2.24, 2.45) is 5.92 Å². The number of ether oxygens (including phenoxy) is 2. The maximum absolute atomic E-state index is 12.4. The Bertz CT molecular complexity index is 418. The Labute approximate surface area is 152 Å². The fourth-order valence-corrected chi connectivity index (χ4v) is 3.73. The molecule has 0 bridgehead atoms. The fourth-order valence-electron chi connectivity index (χ4n) is 3.73. The third-order valence-electron chi connectivity index (χ3n) is 5.10. The van der Waals surface area contributed by atoms with Crippen LogP contribution in [-0.2, 0) is 9.47 Å². The Kier molecular flexibility index (Phi) is 7.52. The second-order valence-electron chi connectivity index (χ2n) is 8.56. The highest BCUT2D eigenvalue weighted by molar-refractivity contribution is 5.68. The zero-order valence-corrected chi connectivity index (χ0v) is 16.3. The first kappa shape index (κ1) is 20.5. The molecule has 0 spiro atoms. The van der Waals surface area contributed by atoms with Gasteiger partial charge in [-0.05, 0) is 52.9 Å². The third-order valence-corrected chi connectivity index (χ3v) is 5.10. The summed E-state index contributed by atoms with van der Waals surface area (Å²) in [6, 6.07) is 0.211. The van der Waals surface area contributed by atoms with Crippen LogP contribution in [0.3, 0.4) is 0 Å². The van der Waals surface area contributed by atoms with Crippen LogP contribution in [0.15, 0.2) is 0 Å². The fraction of sp³-hybridized carbons (Fsp3) is 0.947. The molecule has 2 rings (SSSR count). The predicted octanol–water partition coefficient (Wildman–Crippen LogP) is 2.54. The molecule has 0 aromatic carbocycles. The molecule has 25 heavy (non-hydrogen) atoms. The number of carbonyl (C=O) groups excluding carboxylic acids is 1. The molecule has 6 heteroatoms. The number of amides is 1. The van der Waals surface area contributed by atoms with E-state index in [1.807, 2.05) is 20.8 Å². The van der Waals surface area contributed by atoms with Crippen LogP contribution in [0.1, 0.15) is 59.8 Å². The van der Waals surface area contributed by atoms with E-state index in [1.165, 1.54) is 12.8 Å². The zero-order valence-electron chi connectivity index (χ0n) is 16.3. The topological polar surface area (TPSA) is 71.0 Å². The van der Waals surface area contributed by atoms with Crippen LogP contribution in [-0.4, -0.2) is 66.2 Å². The summed E-state index contributed by atoms with van der Waals surface area (Å²) < 4.78 is 11.1. The molecule has 0 radical (unpaired) electrons. The SMILES string of the molecule is CC(CC1COCCN1C(=O)OC(C)(C)C)NCC(O)C1CCCC1. The molecule has 6 nitrogen and oxygen atoms in total. The van der Waals surface area contributed by atoms with Crippen LogP contribution in [0.5, 0.6) is 0 Å². The van der Waals surface area contributed by atoms with Gasteiger partial charge in [0.1, 0.15) is 5.60 Å². The first-order chi connectivity index (χ1) is 11.8. The quantitative estimate of drug-likeness (QED) is 0.765. The summed E-state index contributed by atoms with van der Waals surface area (Å²) in [5, 5.41) is 13.7. The van der Waals surface area contributed by atoms with Gasteiger partial charge in [0.15, 0.2) is 0 Å². The summed E-state index contributed by atoms with van der Waals surface area (Å²) in [6.45, 7) is 10.0. The van der Waals surface area contributed by atoms with Crippen molar-refractivity contribution in [2.45, 2.75) is 83.6 Å². The zero-order chi connectivity index (χ0) is 18.4. The summed E-state index contributed by atoms with van der Waals surface area (Å²) in [5.74, 6) is 0.441. The van der Waals surface area contributed by atoms with Crippen LogP contribution >= 0.6 is 0 Å². The lowest BCUT2D eigenvalue weighted by atomic mass is 10.00. The first-order valence-electron chi connectivity index (χ1n) is 9.75. The Morgan fingerprint density at radius 2 is 2.04 bits per heavy atom. The van der Waals surface area contributed by atoms with Crippen molar-refractivity contribution in [1.82, 2.24) is 10.2 Å². The lowest BCUT2D eigenvalue weighted by molar-refractivity contribution is -0.0358. The maximum Gasteiger partial charge on any atom is 0.410 e. The van der Waals surface area contributed by atoms with Crippen molar-refractivity contribution in [3.8, 4) is 0 Å². The second-order valence-corrected chi connectivity index (χ2v) is 8.56. The first-order valence-corrected chi connectivity index (χ1v) is 9.75. The van der Waals surface area contributed by atoms with E-state index in [-0.39, 0.29) is 24.3 Å². The summed E-state index contributed by atoms with van der Waals surface area (Å²) >= 11 is 0. The lowest BCUT2D eigenvalue weighted by Crippen LogP contribution is -2.52. The number of nitrogens with zero attached hydrogens (tertiary/aromatic N) is 1. The predicted molar refractivity (Wildman–Crippen MR) is 97.6 cm³/mol. The minimum absolute atomic E-state index is 0.00900. The molecule has 1 aliphatic heterocycles. The Balaban J connectivity index is 1.80. The van der Waals surface area contributed by atoms with Gasteiger partial charge < -0.3 is 24.8 Å². The molecule has 1 saturated carbocycles. The molecule has 0 aromatic heterocycles. The van der Waals surface area contributed by atoms with Crippen LogP contribution < -0.4 is 5.32 Å². The molecule has 2 fully saturated rings. The van der Waals surface area contributed by atoms with Crippen LogP contribution in [0.2, 0.25) is 0 Å². The standard InChI is InChI=1S/C19H36N2O4/c1-14(20-12-17(22)15-7-5-6-8-15)11-16-13-24-10-9-21(16)18(23)25-19(2,3)4/h14-17,20,22H,5-13H2,1-4H3. The van der Waals surface area contributed by atoms with E-state index in [0.717, 1.165) is 19.3 Å². The van der Waals surface area contributed by atoms with Gasteiger partial charge in [0, 0.05) is 19.1 Å². The molecule has 1 heterocycles. The minimum Gasteiger partial charge on any atom is -0.444 e. The number of aliphatic hydroxyl groups is 1. The average Bonchev–Trinajstić information content (AvgIpc) is 3.06. The van der Waals surface area contributed by atoms with Gasteiger partial charge in [0.05, 0.1) is 25.4 Å². The molecule has 1 aliphatic carbocycles. The van der Waals surface area contributed by atoms with Gasteiger partial charge in [-0.15, -0.1) is 0 Å². The number of nitrogens with one attached hydrogen (secondary N) is 1. The number of aliphatic hydroxyl groups excluding tert-OH is 1. The molecule has 1 amide bonds. The molecule has 146 valence electrons. The van der Waals surface area contributed by atoms with Crippen LogP contribution in [0, 0.1) is 5.92 Å². The Morgan fingerprint density at radius 1 is 1.36 bits per heavy atom. The summed E-state index contributed by atoms with van der Waals surface area (Å²) in [4.78, 5) is 14.2. The number of hydrogen-bond donors (Lipinski definition) is 2. The third kappa shape index (κ3) is 6.76. The van der Waals surface area contributed by atoms with Gasteiger partial charge >= 0.3 is 6.09 Å². The van der Waals surface area contributed by atoms with Crippen LogP contribution in [0.4, 0.5) is 4.79 Å². The van der Waals surface area contributed by atoms with Crippen molar-refractivity contribution in [1.29, 1.82) is 0 Å². The molecule has 0 aromatic rings. The van der Waals surface area contributed by atoms with Gasteiger partial charge in [0.2, 0.25) is 0 Å². The minimum atomic E-state index is -0.491. The molecular formula is C19H36N2O4. The van der Waals surface area contributed by atoms with Crippen molar-refractivity contribution in [3.05, 3.63) is 0 Å². The number of morpholine rings is 1. The highest BCUT2D eigenvalue weighted by Gasteiger charge is 2.32. The van der Waals surface area contributed by atoms with E-state index in [1.54, 1.807) is 4.90 Å². The van der Waals surface area contributed by atoms with Gasteiger partial charge in [-0.2, -0.15) is 0 Å². The van der Waals surface area contributed by atoms with Crippen molar-refractivity contribution in [3.63, 3.8) is 0 Å². The van der Waals surface area contributed by atoms with Crippen molar-refractivity contribution >= 4 is 6.09 Å². The van der Waals surface area contributed by atoms with E-state index >= 15 is 0 Å². The van der Waals surface area contributed by atoms with Crippen LogP contribution in [0.25, 0.3) is 0 Å². The average molecular weight is 357 g/mol. The summed E-state index contributed by atoms with van der Waals surface area (Å²) in [5.41, 5.74) is -0.491. The smallest absolute Gasteiger partial charge is 0.410 e. The van der Waals surface area contributed by atoms with Gasteiger partial charge in [0.25, 0.3) is 0 Å². The highest BCUT2D eigenvalue weighted by atomic mass is 16.6. The maximum atomic E-state index is 12.4. The number of rotatable bonds is 6. The number of carbonyl (C=O) groups is 1. The van der Waals surface area contributed by atoms with Crippen molar-refractivity contribution < 1.29 is 19.4 Å². The number of hydrogen-bond acceptors (Lipinski definition) is 5. The summed E-state index contributed by atoms with van der Waals surface area (Å²) in [6.07, 6.45) is 5.01. The molecule has 1 saturated heterocycles. The van der Waals surface area contributed by atoms with E-state index in [4.69, 9.17) is 9.47 Å². The normalized spacial score (nSPS) is 25.0. The molecule has 3 unspecified atom stereocenters. The van der Waals surface area contributed by atoms with E-state index in [0.29, 0.717) is 32.2 Å². The Morgan fingerprint density at radius 3 is 2.68 bits per heavy atom. The van der Waals surface area contributed by atoms with E-state index < -0.39 is 5.60 Å². The van der Waals surface area contributed by atoms with E-state index in [9.17, 15) is 9.90 Å². The van der Waals surface area contributed by atoms with Gasteiger partial charge in [-0.1, -0.05) is 12.8 Å². The monoisotopic (exact) mass is 356 g/mol. The van der Waals surface area contributed by atoms with Crippen molar-refractivity contribution in [2.75, 3.05) is 26.3 Å². The molecule has 2 N–H and O–H groups in total. The largest absolute Gasteiger partial charge is 0.444 e. The molecule has 3 atom stereocenters. The van der Waals surface area contributed by atoms with Gasteiger partial charge in [-0.25, -0.2) is 4.79 Å². The molecular weight excluding hydrogens is 320 g/mol. The summed E-state index contributed by atoms with van der Waals surface area (Å²) in [7, 11) is 0. The lowest BCUT2D eigenvalue weighted by Gasteiger charge is -2.38. The van der Waals surface area contributed by atoms with E-state index in [2.05, 4.69) is 12.2 Å². The molecule has 2 aliphatic rings. The Hall–Kier alpha value is -0.850. The second kappa shape index (κ2) is 9.19. The highest BCUT2D eigenvalue weighted by Crippen LogP contribution is 2.27.